The molecule has 0 heterocycles. The fourth-order valence-corrected chi connectivity index (χ4v) is 4.21. The Morgan fingerprint density at radius 3 is 2.31 bits per heavy atom. The molecule has 0 aliphatic heterocycles. The molecule has 1 amide bonds. The van der Waals surface area contributed by atoms with Crippen LogP contribution in [-0.4, -0.2) is 53.8 Å². The third-order valence-electron chi connectivity index (χ3n) is 4.63. The Bertz CT molecular complexity index is 964. The third kappa shape index (κ3) is 7.81. The Balaban J connectivity index is 2.16. The van der Waals surface area contributed by atoms with E-state index in [4.69, 9.17) is 14.2 Å². The summed E-state index contributed by atoms with van der Waals surface area (Å²) in [4.78, 5) is 12.8. The third-order valence-corrected chi connectivity index (χ3v) is 6.10. The molecule has 0 bridgehead atoms. The van der Waals surface area contributed by atoms with Crippen LogP contribution in [0.5, 0.6) is 11.5 Å². The molecule has 0 aromatic heterocycles. The van der Waals surface area contributed by atoms with Crippen molar-refractivity contribution in [1.29, 1.82) is 0 Å². The molecule has 2 N–H and O–H groups in total. The number of methoxy groups -OCH3 is 2. The molecule has 0 saturated carbocycles. The predicted octanol–water partition coefficient (Wildman–Crippen LogP) is 2.52. The van der Waals surface area contributed by atoms with E-state index < -0.39 is 22.0 Å². The van der Waals surface area contributed by atoms with Crippen LogP contribution in [0.15, 0.2) is 53.4 Å². The second-order valence-electron chi connectivity index (χ2n) is 7.44. The number of benzene rings is 2. The molecule has 2 aromatic carbocycles. The first-order valence-corrected chi connectivity index (χ1v) is 11.9. The van der Waals surface area contributed by atoms with E-state index in [0.29, 0.717) is 25.3 Å². The molecule has 0 aliphatic carbocycles. The summed E-state index contributed by atoms with van der Waals surface area (Å²) in [6.45, 7) is 4.78. The highest BCUT2D eigenvalue weighted by molar-refractivity contribution is 7.89. The topological polar surface area (TPSA) is 103 Å². The van der Waals surface area contributed by atoms with Crippen LogP contribution >= 0.6 is 0 Å². The lowest BCUT2D eigenvalue weighted by Crippen LogP contribution is -2.48. The molecule has 0 fully saturated rings. The van der Waals surface area contributed by atoms with Crippen LogP contribution in [0, 0.1) is 0 Å². The number of rotatable bonds is 13. The van der Waals surface area contributed by atoms with E-state index in [2.05, 4.69) is 10.0 Å². The average molecular weight is 465 g/mol. The van der Waals surface area contributed by atoms with Crippen LogP contribution in [0.4, 0.5) is 0 Å². The van der Waals surface area contributed by atoms with Gasteiger partial charge in [0.05, 0.1) is 25.2 Å². The van der Waals surface area contributed by atoms with Crippen molar-refractivity contribution in [3.05, 3.63) is 54.1 Å². The summed E-state index contributed by atoms with van der Waals surface area (Å²) in [5.74, 6) is 0.292. The normalized spacial score (nSPS) is 12.4. The maximum Gasteiger partial charge on any atom is 0.241 e. The van der Waals surface area contributed by atoms with Crippen molar-refractivity contribution in [1.82, 2.24) is 10.0 Å². The van der Waals surface area contributed by atoms with E-state index in [1.54, 1.807) is 0 Å². The Hall–Kier alpha value is -2.62. The lowest BCUT2D eigenvalue weighted by atomic mass is 10.1. The molecule has 2 aromatic rings. The number of hydrogen-bond acceptors (Lipinski definition) is 6. The highest BCUT2D eigenvalue weighted by Crippen LogP contribution is 2.29. The fourth-order valence-electron chi connectivity index (χ4n) is 3.00. The first-order chi connectivity index (χ1) is 15.3. The molecule has 2 rings (SSSR count). The molecular formula is C23H32N2O6S. The van der Waals surface area contributed by atoms with Crippen molar-refractivity contribution in [2.75, 3.05) is 27.4 Å². The van der Waals surface area contributed by atoms with Gasteiger partial charge in [-0.05, 0) is 44.4 Å². The summed E-state index contributed by atoms with van der Waals surface area (Å²) in [6.07, 6.45) is 0.955. The Morgan fingerprint density at radius 2 is 1.69 bits per heavy atom. The molecule has 1 unspecified atom stereocenters. The molecule has 1 atom stereocenters. The summed E-state index contributed by atoms with van der Waals surface area (Å²) in [6, 6.07) is 12.5. The Labute approximate surface area is 190 Å². The van der Waals surface area contributed by atoms with Gasteiger partial charge < -0.3 is 19.5 Å². The second-order valence-corrected chi connectivity index (χ2v) is 9.16. The van der Waals surface area contributed by atoms with E-state index in [9.17, 15) is 13.2 Å². The SMILES string of the molecule is COc1ccc(S(=O)(=O)NC(Cc2ccccc2)C(=O)NCCCOC(C)C)cc1OC. The van der Waals surface area contributed by atoms with Crippen LogP contribution in [0.2, 0.25) is 0 Å². The van der Waals surface area contributed by atoms with Gasteiger partial charge in [0.2, 0.25) is 15.9 Å². The van der Waals surface area contributed by atoms with Crippen LogP contribution in [-0.2, 0) is 26.0 Å². The van der Waals surface area contributed by atoms with E-state index in [1.165, 1.54) is 32.4 Å². The largest absolute Gasteiger partial charge is 0.493 e. The molecule has 8 nitrogen and oxygen atoms in total. The molecular weight excluding hydrogens is 432 g/mol. The van der Waals surface area contributed by atoms with Gasteiger partial charge in [0.1, 0.15) is 6.04 Å². The van der Waals surface area contributed by atoms with E-state index in [0.717, 1.165) is 5.56 Å². The smallest absolute Gasteiger partial charge is 0.241 e. The highest BCUT2D eigenvalue weighted by atomic mass is 32.2. The lowest BCUT2D eigenvalue weighted by Gasteiger charge is -2.19. The van der Waals surface area contributed by atoms with Gasteiger partial charge in [0.25, 0.3) is 0 Å². The van der Waals surface area contributed by atoms with Crippen molar-refractivity contribution < 1.29 is 27.4 Å². The minimum Gasteiger partial charge on any atom is -0.493 e. The summed E-state index contributed by atoms with van der Waals surface area (Å²) in [5, 5.41) is 2.80. The fraction of sp³-hybridized carbons (Fsp3) is 0.435. The number of nitrogens with one attached hydrogen (secondary N) is 2. The van der Waals surface area contributed by atoms with Gasteiger partial charge in [-0.2, -0.15) is 4.72 Å². The van der Waals surface area contributed by atoms with Crippen molar-refractivity contribution in [3.63, 3.8) is 0 Å². The average Bonchev–Trinajstić information content (AvgIpc) is 2.78. The first-order valence-electron chi connectivity index (χ1n) is 10.4. The maximum atomic E-state index is 13.0. The summed E-state index contributed by atoms with van der Waals surface area (Å²) in [5.41, 5.74) is 0.839. The minimum atomic E-state index is -4.00. The Kier molecular flexibility index (Phi) is 9.96. The molecule has 0 spiro atoms. The second kappa shape index (κ2) is 12.4. The maximum absolute atomic E-state index is 13.0. The molecule has 0 aliphatic rings. The van der Waals surface area contributed by atoms with Crippen molar-refractivity contribution >= 4 is 15.9 Å². The monoisotopic (exact) mass is 464 g/mol. The van der Waals surface area contributed by atoms with E-state index in [1.807, 2.05) is 44.2 Å². The first kappa shape index (κ1) is 25.6. The molecule has 32 heavy (non-hydrogen) atoms. The molecule has 0 saturated heterocycles. The highest BCUT2D eigenvalue weighted by Gasteiger charge is 2.26. The number of carbonyl (C=O) groups excluding carboxylic acids is 1. The zero-order valence-electron chi connectivity index (χ0n) is 19.0. The number of hydrogen-bond donors (Lipinski definition) is 2. The summed E-state index contributed by atoms with van der Waals surface area (Å²) in [7, 11) is -1.10. The van der Waals surface area contributed by atoms with Gasteiger partial charge in [-0.25, -0.2) is 8.42 Å². The zero-order chi connectivity index (χ0) is 23.6. The summed E-state index contributed by atoms with van der Waals surface area (Å²) < 4.78 is 44.5. The number of amides is 1. The predicted molar refractivity (Wildman–Crippen MR) is 123 cm³/mol. The van der Waals surface area contributed by atoms with Crippen LogP contribution in [0.3, 0.4) is 0 Å². The Morgan fingerprint density at radius 1 is 1.00 bits per heavy atom. The molecule has 176 valence electrons. The standard InChI is InChI=1S/C23H32N2O6S/c1-17(2)31-14-8-13-24-23(26)20(15-18-9-6-5-7-10-18)25-32(27,28)19-11-12-21(29-3)22(16-19)30-4/h5-7,9-12,16-17,20,25H,8,13-15H2,1-4H3,(H,24,26). The molecule has 9 heteroatoms. The van der Waals surface area contributed by atoms with Gasteiger partial charge in [0.15, 0.2) is 11.5 Å². The van der Waals surface area contributed by atoms with Gasteiger partial charge in [-0.3, -0.25) is 4.79 Å². The van der Waals surface area contributed by atoms with Crippen molar-refractivity contribution in [2.45, 2.75) is 43.7 Å². The van der Waals surface area contributed by atoms with E-state index >= 15 is 0 Å². The van der Waals surface area contributed by atoms with Crippen LogP contribution < -0.4 is 19.5 Å². The number of ether oxygens (including phenoxy) is 3. The quantitative estimate of drug-likeness (QED) is 0.442. The van der Waals surface area contributed by atoms with Gasteiger partial charge in [-0.15, -0.1) is 0 Å². The van der Waals surface area contributed by atoms with Crippen molar-refractivity contribution in [2.24, 2.45) is 0 Å². The van der Waals surface area contributed by atoms with Gasteiger partial charge in [-0.1, -0.05) is 30.3 Å². The van der Waals surface area contributed by atoms with E-state index in [-0.39, 0.29) is 23.2 Å². The molecule has 0 radical (unpaired) electrons. The number of sulfonamides is 1. The van der Waals surface area contributed by atoms with Crippen molar-refractivity contribution in [3.8, 4) is 11.5 Å². The summed E-state index contributed by atoms with van der Waals surface area (Å²) >= 11 is 0. The lowest BCUT2D eigenvalue weighted by molar-refractivity contribution is -0.122. The van der Waals surface area contributed by atoms with Crippen LogP contribution in [0.1, 0.15) is 25.8 Å². The van der Waals surface area contributed by atoms with Gasteiger partial charge in [0, 0.05) is 19.2 Å². The zero-order valence-corrected chi connectivity index (χ0v) is 19.8. The minimum absolute atomic E-state index is 0.0219. The van der Waals surface area contributed by atoms with Crippen LogP contribution in [0.25, 0.3) is 0 Å². The van der Waals surface area contributed by atoms with Gasteiger partial charge >= 0.3 is 0 Å². The number of carbonyl (C=O) groups is 1.